The highest BCUT2D eigenvalue weighted by atomic mass is 16.5. The van der Waals surface area contributed by atoms with Gasteiger partial charge in [-0.25, -0.2) is 0 Å². The second kappa shape index (κ2) is 34.1. The van der Waals surface area contributed by atoms with Crippen LogP contribution in [-0.2, 0) is 28.7 Å². The average Bonchev–Trinajstić information content (AvgIpc) is 1.34. The van der Waals surface area contributed by atoms with E-state index in [2.05, 4.69) is 126 Å². The first kappa shape index (κ1) is 72.7. The Bertz CT molecular complexity index is 2440. The van der Waals surface area contributed by atoms with Gasteiger partial charge in [-0.3, -0.25) is 19.2 Å². The van der Waals surface area contributed by atoms with Gasteiger partial charge in [-0.1, -0.05) is 143 Å². The Kier molecular flexibility index (Phi) is 26.9. The number of carbonyl (C=O) groups is 4. The maximum absolute atomic E-state index is 14.2. The first-order valence-corrected chi connectivity index (χ1v) is 39.0. The topological polar surface area (TPSA) is 135 Å². The van der Waals surface area contributed by atoms with Crippen molar-refractivity contribution in [1.82, 2.24) is 21.3 Å². The molecule has 8 aliphatic carbocycles. The summed E-state index contributed by atoms with van der Waals surface area (Å²) in [7, 11) is 0. The Labute approximate surface area is 561 Å². The van der Waals surface area contributed by atoms with Gasteiger partial charge in [0, 0.05) is 51.6 Å². The number of amides is 2. The van der Waals surface area contributed by atoms with E-state index in [0.29, 0.717) is 49.9 Å². The largest absolute Gasteiger partial charge is 0.461 e. The summed E-state index contributed by atoms with van der Waals surface area (Å²) < 4.78 is 13.0. The fourth-order valence-electron chi connectivity index (χ4n) is 21.9. The quantitative estimate of drug-likeness (QED) is 0.0767. The number of fused-ring (bicyclic) bond motifs is 10. The van der Waals surface area contributed by atoms with Gasteiger partial charge in [0.2, 0.25) is 11.8 Å². The van der Waals surface area contributed by atoms with Gasteiger partial charge in [-0.2, -0.15) is 0 Å². The molecular weight excluding hydrogens is 1140 g/mol. The van der Waals surface area contributed by atoms with Crippen LogP contribution < -0.4 is 21.3 Å². The average molecular weight is 1270 g/mol. The number of allylic oxidation sites excluding steroid dienone is 2. The molecule has 0 spiro atoms. The number of carbonyl (C=O) groups excluding carboxylic acids is 4. The molecule has 6 fully saturated rings. The van der Waals surface area contributed by atoms with E-state index in [0.717, 1.165) is 174 Å². The first-order chi connectivity index (χ1) is 44.2. The summed E-state index contributed by atoms with van der Waals surface area (Å²) in [6.07, 6.45) is 42.0. The van der Waals surface area contributed by atoms with E-state index < -0.39 is 12.1 Å². The lowest BCUT2D eigenvalue weighted by Crippen LogP contribution is -2.51. The van der Waals surface area contributed by atoms with E-state index in [-0.39, 0.29) is 59.6 Å². The predicted molar refractivity (Wildman–Crippen MR) is 376 cm³/mol. The van der Waals surface area contributed by atoms with Crippen LogP contribution in [0.4, 0.5) is 0 Å². The molecule has 0 bridgehead atoms. The Hall–Kier alpha value is -3.60. The normalized spacial score (nSPS) is 38.0. The number of hydrogen-bond donors (Lipinski definition) is 4. The number of esters is 2. The summed E-state index contributed by atoms with van der Waals surface area (Å²) in [4.78, 5) is 54.3. The number of hydrogen-bond acceptors (Lipinski definition) is 8. The molecule has 10 heteroatoms. The minimum Gasteiger partial charge on any atom is -0.461 e. The van der Waals surface area contributed by atoms with Gasteiger partial charge in [-0.05, 0) is 272 Å². The number of rotatable bonds is 14. The molecule has 0 aromatic heterocycles. The van der Waals surface area contributed by atoms with Gasteiger partial charge < -0.3 is 30.7 Å². The molecule has 1 heterocycles. The molecule has 9 rings (SSSR count). The molecule has 92 heavy (non-hydrogen) atoms. The fraction of sp³-hybridized carbons (Fsp3) is 0.854. The first-order valence-electron chi connectivity index (χ1n) is 39.0. The SMILES string of the molecule is CC(C)CCC[C@@H](C)[C@H]1CC[C@H]2[C@@H]3CC=C4C[C@@H](OC(=O)C5CCCCNC(=O)CCC(=O)NCCCCC(C(=O)O[C@H]6CC[C@@]7(C)C(=CC[C@H]8[C@@H]9CC[C@H]([C@H](C)CCCC(C)C)[C@@]9(C)CC[C@@H]87)C6)NCCCCC#CC#CCCCCN5)CC[C@]4(C)[C@H]3CC[C@]12C. The second-order valence-electron chi connectivity index (χ2n) is 33.9. The van der Waals surface area contributed by atoms with Gasteiger partial charge in [-0.15, -0.1) is 0 Å². The van der Waals surface area contributed by atoms with Crippen LogP contribution in [-0.4, -0.2) is 74.2 Å². The zero-order chi connectivity index (χ0) is 65.5. The smallest absolute Gasteiger partial charge is 0.323 e. The van der Waals surface area contributed by atoms with E-state index in [1.165, 1.54) is 103 Å². The molecule has 18 atom stereocenters. The van der Waals surface area contributed by atoms with Crippen LogP contribution >= 0.6 is 0 Å². The fourth-order valence-corrected chi connectivity index (χ4v) is 21.9. The lowest BCUT2D eigenvalue weighted by molar-refractivity contribution is -0.155. The van der Waals surface area contributed by atoms with Crippen LogP contribution in [0.5, 0.6) is 0 Å². The molecule has 2 unspecified atom stereocenters. The van der Waals surface area contributed by atoms with E-state index in [1.54, 1.807) is 11.1 Å². The van der Waals surface area contributed by atoms with Crippen molar-refractivity contribution in [3.05, 3.63) is 23.3 Å². The third-order valence-electron chi connectivity index (χ3n) is 27.2. The summed E-state index contributed by atoms with van der Waals surface area (Å²) in [5, 5.41) is 13.2. The van der Waals surface area contributed by atoms with E-state index in [4.69, 9.17) is 9.47 Å². The highest BCUT2D eigenvalue weighted by Gasteiger charge is 2.61. The third-order valence-corrected chi connectivity index (χ3v) is 27.2. The van der Waals surface area contributed by atoms with Gasteiger partial charge in [0.05, 0.1) is 0 Å². The Morgan fingerprint density at radius 3 is 1.32 bits per heavy atom. The van der Waals surface area contributed by atoms with E-state index in [9.17, 15) is 19.2 Å². The zero-order valence-electron chi connectivity index (χ0n) is 60.1. The summed E-state index contributed by atoms with van der Waals surface area (Å²) in [6.45, 7) is 27.5. The summed E-state index contributed by atoms with van der Waals surface area (Å²) >= 11 is 0. The van der Waals surface area contributed by atoms with Gasteiger partial charge in [0.1, 0.15) is 24.3 Å². The minimum atomic E-state index is -0.410. The molecule has 6 saturated carbocycles. The van der Waals surface area contributed by atoms with Crippen molar-refractivity contribution in [2.75, 3.05) is 26.2 Å². The van der Waals surface area contributed by atoms with Crippen LogP contribution in [0.3, 0.4) is 0 Å². The van der Waals surface area contributed by atoms with Crippen LogP contribution in [0, 0.1) is 116 Å². The van der Waals surface area contributed by atoms with Gasteiger partial charge in [0.25, 0.3) is 0 Å². The van der Waals surface area contributed by atoms with Gasteiger partial charge in [0.15, 0.2) is 0 Å². The molecule has 0 aromatic rings. The molecule has 1 aliphatic heterocycles. The summed E-state index contributed by atoms with van der Waals surface area (Å²) in [5.74, 6) is 21.7. The number of nitrogens with one attached hydrogen (secondary N) is 4. The number of ether oxygens (including phenoxy) is 2. The third kappa shape index (κ3) is 18.1. The Morgan fingerprint density at radius 2 is 0.902 bits per heavy atom. The maximum Gasteiger partial charge on any atom is 0.323 e. The van der Waals surface area contributed by atoms with E-state index >= 15 is 0 Å². The molecule has 2 amide bonds. The highest BCUT2D eigenvalue weighted by molar-refractivity contribution is 5.83. The van der Waals surface area contributed by atoms with Crippen LogP contribution in [0.25, 0.3) is 0 Å². The molecule has 9 aliphatic rings. The molecule has 4 N–H and O–H groups in total. The molecule has 10 nitrogen and oxygen atoms in total. The molecule has 0 aromatic carbocycles. The van der Waals surface area contributed by atoms with Crippen LogP contribution in [0.15, 0.2) is 23.3 Å². The molecule has 516 valence electrons. The monoisotopic (exact) mass is 1270 g/mol. The van der Waals surface area contributed by atoms with Crippen molar-refractivity contribution in [1.29, 1.82) is 0 Å². The van der Waals surface area contributed by atoms with Crippen molar-refractivity contribution in [3.63, 3.8) is 0 Å². The van der Waals surface area contributed by atoms with Crippen LogP contribution in [0.1, 0.15) is 300 Å². The molecular formula is C82H132N4O6. The lowest BCUT2D eigenvalue weighted by atomic mass is 9.47. The van der Waals surface area contributed by atoms with Crippen molar-refractivity contribution < 1.29 is 28.7 Å². The van der Waals surface area contributed by atoms with E-state index in [1.807, 2.05) is 0 Å². The predicted octanol–water partition coefficient (Wildman–Crippen LogP) is 17.5. The lowest BCUT2D eigenvalue weighted by Gasteiger charge is -2.58. The maximum atomic E-state index is 14.2. The summed E-state index contributed by atoms with van der Waals surface area (Å²) in [5.41, 5.74) is 4.44. The highest BCUT2D eigenvalue weighted by Crippen LogP contribution is 2.69. The standard InChI is InChI=1S/C82H132N4O6/c1-57(2)27-25-29-59(5)67-37-39-69-65-35-33-61-55-63(43-47-79(61,7)71(65)45-49-81(67,69)9)91-77(89)73-31-19-23-53-85-75(87)41-42-76(88)86-54-24-20-32-74(84-52-22-18-16-14-12-11-13-15-17-21-51-83-73)78(90)92-64-44-48-80(8)62(56-64)34-36-66-70-40-38-68(60(6)30-26-28-58(3)4)82(70,10)50-46-72(66)80/h33-34,57-60,63-74,83-84H,15-32,35-56H2,1-10H3,(H,85,87)(H,86,88)/t59-,60-,63+,64+,65+,66+,67-,68-,69+,70+,71+,72+,73?,74?,79+,80+,81-,82-/m1/s1. The molecule has 0 saturated heterocycles. The molecule has 0 radical (unpaired) electrons. The van der Waals surface area contributed by atoms with Crippen molar-refractivity contribution in [2.45, 2.75) is 325 Å². The van der Waals surface area contributed by atoms with Crippen molar-refractivity contribution in [3.8, 4) is 23.7 Å². The Morgan fingerprint density at radius 1 is 0.489 bits per heavy atom. The van der Waals surface area contributed by atoms with Gasteiger partial charge >= 0.3 is 11.9 Å². The van der Waals surface area contributed by atoms with Crippen LogP contribution in [0.2, 0.25) is 0 Å². The Balaban J connectivity index is 0.725. The second-order valence-corrected chi connectivity index (χ2v) is 33.9. The summed E-state index contributed by atoms with van der Waals surface area (Å²) in [6, 6.07) is -0.819. The minimum absolute atomic E-state index is 0.0945. The zero-order valence-corrected chi connectivity index (χ0v) is 60.1. The van der Waals surface area contributed by atoms with Crippen molar-refractivity contribution in [2.24, 2.45) is 92.7 Å². The van der Waals surface area contributed by atoms with Crippen molar-refractivity contribution >= 4 is 23.8 Å².